The average molecular weight is 414 g/mol. The number of nitriles is 1. The van der Waals surface area contributed by atoms with Crippen LogP contribution in [0.25, 0.3) is 11.2 Å². The molecule has 31 heavy (non-hydrogen) atoms. The van der Waals surface area contributed by atoms with Gasteiger partial charge in [-0.2, -0.15) is 10.2 Å². The lowest BCUT2D eigenvalue weighted by Crippen LogP contribution is -2.24. The van der Waals surface area contributed by atoms with Gasteiger partial charge >= 0.3 is 0 Å². The van der Waals surface area contributed by atoms with Crippen LogP contribution < -0.4 is 10.5 Å². The van der Waals surface area contributed by atoms with Gasteiger partial charge in [-0.1, -0.05) is 17.3 Å². The highest BCUT2D eigenvalue weighted by Gasteiger charge is 2.58. The van der Waals surface area contributed by atoms with Gasteiger partial charge in [0.2, 0.25) is 5.89 Å². The molecule has 0 radical (unpaired) electrons. The van der Waals surface area contributed by atoms with E-state index < -0.39 is 0 Å². The second-order valence-corrected chi connectivity index (χ2v) is 8.14. The van der Waals surface area contributed by atoms with Crippen LogP contribution in [-0.4, -0.2) is 42.3 Å². The van der Waals surface area contributed by atoms with E-state index in [1.165, 1.54) is 10.9 Å². The zero-order valence-corrected chi connectivity index (χ0v) is 16.7. The molecular weight excluding hydrogens is 396 g/mol. The van der Waals surface area contributed by atoms with Crippen LogP contribution in [0.2, 0.25) is 0 Å². The molecule has 2 unspecified atom stereocenters. The van der Waals surface area contributed by atoms with Crippen LogP contribution in [0, 0.1) is 23.2 Å². The Kier molecular flexibility index (Phi) is 3.74. The van der Waals surface area contributed by atoms with Gasteiger partial charge in [-0.15, -0.1) is 0 Å². The summed E-state index contributed by atoms with van der Waals surface area (Å²) in [6, 6.07) is 9.96. The summed E-state index contributed by atoms with van der Waals surface area (Å²) in [5.41, 5.74) is 2.36. The first-order valence-corrected chi connectivity index (χ1v) is 10.1. The van der Waals surface area contributed by atoms with Crippen molar-refractivity contribution in [3.63, 3.8) is 0 Å². The summed E-state index contributed by atoms with van der Waals surface area (Å²) < 4.78 is 8.54. The number of benzene rings is 1. The predicted molar refractivity (Wildman–Crippen MR) is 109 cm³/mol. The molecule has 4 heterocycles. The molecule has 6 rings (SSSR count). The number of anilines is 1. The lowest BCUT2D eigenvalue weighted by Gasteiger charge is -2.22. The van der Waals surface area contributed by atoms with Crippen LogP contribution in [0.5, 0.6) is 0 Å². The van der Waals surface area contributed by atoms with Crippen molar-refractivity contribution in [3.05, 3.63) is 64.6 Å². The molecule has 154 valence electrons. The first kappa shape index (κ1) is 17.8. The summed E-state index contributed by atoms with van der Waals surface area (Å²) in [7, 11) is 1.76. The molecule has 2 aliphatic rings. The average Bonchev–Trinajstić information content (AvgIpc) is 3.21. The number of piperidine rings is 1. The predicted octanol–water partition coefficient (Wildman–Crippen LogP) is 1.28. The number of para-hydroxylation sites is 1. The second-order valence-electron chi connectivity index (χ2n) is 8.14. The maximum absolute atomic E-state index is 12.7. The number of aromatic nitrogens is 6. The van der Waals surface area contributed by atoms with E-state index in [2.05, 4.69) is 31.1 Å². The minimum Gasteiger partial charge on any atom is -0.370 e. The van der Waals surface area contributed by atoms with Crippen molar-refractivity contribution >= 4 is 16.9 Å². The molecule has 2 fully saturated rings. The van der Waals surface area contributed by atoms with E-state index in [1.807, 2.05) is 24.3 Å². The molecule has 4 aromatic rings. The van der Waals surface area contributed by atoms with Crippen molar-refractivity contribution in [1.29, 1.82) is 5.26 Å². The fraction of sp³-hybridized carbons (Fsp3) is 0.333. The number of hydrogen-bond donors (Lipinski definition) is 0. The Balaban J connectivity index is 1.17. The van der Waals surface area contributed by atoms with Gasteiger partial charge in [0.25, 0.3) is 5.56 Å². The Bertz CT molecular complexity index is 1400. The number of imidazole rings is 1. The van der Waals surface area contributed by atoms with Gasteiger partial charge in [-0.25, -0.2) is 9.97 Å². The quantitative estimate of drug-likeness (QED) is 0.490. The van der Waals surface area contributed by atoms with E-state index in [0.29, 0.717) is 40.3 Å². The molecule has 3 aromatic heterocycles. The van der Waals surface area contributed by atoms with E-state index in [4.69, 9.17) is 4.52 Å². The molecule has 0 spiro atoms. The fourth-order valence-corrected chi connectivity index (χ4v) is 4.75. The Hall–Kier alpha value is -4.00. The molecule has 0 N–H and O–H groups in total. The number of nitrogens with zero attached hydrogens (tertiary/aromatic N) is 8. The smallest absolute Gasteiger partial charge is 0.280 e. The normalized spacial score (nSPS) is 21.9. The zero-order valence-electron chi connectivity index (χ0n) is 16.7. The maximum atomic E-state index is 12.7. The molecule has 10 nitrogen and oxygen atoms in total. The SMILES string of the molecule is Cn1cnc2ncn(Cc3nc(C4C5CN(c6ccccc6C#N)CC54)no3)c(=O)c21. The first-order chi connectivity index (χ1) is 15.1. The fourth-order valence-electron chi connectivity index (χ4n) is 4.75. The Labute approximate surface area is 176 Å². The third-order valence-corrected chi connectivity index (χ3v) is 6.35. The van der Waals surface area contributed by atoms with E-state index >= 15 is 0 Å². The number of rotatable bonds is 4. The van der Waals surface area contributed by atoms with Crippen LogP contribution in [0.4, 0.5) is 5.69 Å². The summed E-state index contributed by atoms with van der Waals surface area (Å²) in [5, 5.41) is 13.5. The molecule has 1 saturated carbocycles. The monoisotopic (exact) mass is 414 g/mol. The highest BCUT2D eigenvalue weighted by Crippen LogP contribution is 2.58. The van der Waals surface area contributed by atoms with Gasteiger partial charge in [0.15, 0.2) is 17.0 Å². The van der Waals surface area contributed by atoms with Crippen LogP contribution >= 0.6 is 0 Å². The van der Waals surface area contributed by atoms with Crippen molar-refractivity contribution < 1.29 is 4.52 Å². The van der Waals surface area contributed by atoms with Crippen LogP contribution in [0.1, 0.15) is 23.2 Å². The molecular formula is C21H18N8O2. The van der Waals surface area contributed by atoms with Gasteiger partial charge < -0.3 is 14.0 Å². The van der Waals surface area contributed by atoms with Gasteiger partial charge in [0.1, 0.15) is 18.9 Å². The van der Waals surface area contributed by atoms with Gasteiger partial charge in [0.05, 0.1) is 17.6 Å². The number of hydrogen-bond acceptors (Lipinski definition) is 8. The van der Waals surface area contributed by atoms with E-state index in [-0.39, 0.29) is 18.0 Å². The first-order valence-electron chi connectivity index (χ1n) is 10.1. The molecule has 0 bridgehead atoms. The molecule has 1 aliphatic carbocycles. The van der Waals surface area contributed by atoms with E-state index in [1.54, 1.807) is 17.9 Å². The summed E-state index contributed by atoms with van der Waals surface area (Å²) in [6.45, 7) is 1.92. The Morgan fingerprint density at radius 2 is 1.97 bits per heavy atom. The van der Waals surface area contributed by atoms with Crippen molar-refractivity contribution in [2.24, 2.45) is 18.9 Å². The van der Waals surface area contributed by atoms with E-state index in [0.717, 1.165) is 18.8 Å². The molecule has 0 amide bonds. The third kappa shape index (κ3) is 2.73. The van der Waals surface area contributed by atoms with E-state index in [9.17, 15) is 10.1 Å². The summed E-state index contributed by atoms with van der Waals surface area (Å²) in [6.07, 6.45) is 3.02. The lowest BCUT2D eigenvalue weighted by atomic mass is 10.1. The van der Waals surface area contributed by atoms with Gasteiger partial charge in [0, 0.05) is 26.1 Å². The van der Waals surface area contributed by atoms with Crippen LogP contribution in [-0.2, 0) is 13.6 Å². The largest absolute Gasteiger partial charge is 0.370 e. The van der Waals surface area contributed by atoms with Crippen molar-refractivity contribution in [2.75, 3.05) is 18.0 Å². The Morgan fingerprint density at radius 3 is 2.77 bits per heavy atom. The van der Waals surface area contributed by atoms with Crippen molar-refractivity contribution in [1.82, 2.24) is 29.2 Å². The Morgan fingerprint density at radius 1 is 1.19 bits per heavy atom. The summed E-state index contributed by atoms with van der Waals surface area (Å²) >= 11 is 0. The summed E-state index contributed by atoms with van der Waals surface area (Å²) in [5.74, 6) is 2.25. The topological polar surface area (TPSA) is 119 Å². The maximum Gasteiger partial charge on any atom is 0.280 e. The molecule has 1 aliphatic heterocycles. The highest BCUT2D eigenvalue weighted by molar-refractivity contribution is 5.68. The van der Waals surface area contributed by atoms with Crippen molar-refractivity contribution in [3.8, 4) is 6.07 Å². The standard InChI is InChI=1S/C21H18N8O2/c1-27-10-23-20-18(27)21(30)29(11-24-20)9-16-25-19(26-31-16)17-13-7-28(8-14(13)17)15-5-3-2-4-12(15)6-22/h2-5,10-11,13-14,17H,7-9H2,1H3. The highest BCUT2D eigenvalue weighted by atomic mass is 16.5. The molecule has 1 saturated heterocycles. The minimum atomic E-state index is -0.195. The van der Waals surface area contributed by atoms with Crippen molar-refractivity contribution in [2.45, 2.75) is 12.5 Å². The third-order valence-electron chi connectivity index (χ3n) is 6.35. The molecule has 1 aromatic carbocycles. The van der Waals surface area contributed by atoms with Crippen LogP contribution in [0.15, 0.2) is 46.2 Å². The van der Waals surface area contributed by atoms with Gasteiger partial charge in [-0.05, 0) is 24.0 Å². The summed E-state index contributed by atoms with van der Waals surface area (Å²) in [4.78, 5) is 27.8. The molecule has 10 heteroatoms. The zero-order chi connectivity index (χ0) is 21.1. The van der Waals surface area contributed by atoms with Gasteiger partial charge in [-0.3, -0.25) is 9.36 Å². The minimum absolute atomic E-state index is 0.170. The number of aryl methyl sites for hydroxylation is 1. The number of fused-ring (bicyclic) bond motifs is 2. The second kappa shape index (κ2) is 6.50. The molecule has 2 atom stereocenters. The lowest BCUT2D eigenvalue weighted by molar-refractivity contribution is 0.363. The van der Waals surface area contributed by atoms with Crippen LogP contribution in [0.3, 0.4) is 0 Å².